The monoisotopic (exact) mass is 342 g/mol. The van der Waals surface area contributed by atoms with Crippen LogP contribution in [0.4, 0.5) is 11.5 Å². The number of aromatic nitrogens is 4. The molecule has 0 saturated carbocycles. The second-order valence-corrected chi connectivity index (χ2v) is 7.27. The summed E-state index contributed by atoms with van der Waals surface area (Å²) >= 11 is 1.69. The van der Waals surface area contributed by atoms with Crippen LogP contribution in [0.3, 0.4) is 0 Å². The van der Waals surface area contributed by atoms with Crippen molar-refractivity contribution in [1.29, 1.82) is 0 Å². The Labute approximate surface area is 143 Å². The van der Waals surface area contributed by atoms with Gasteiger partial charge in [-0.25, -0.2) is 9.97 Å². The molecule has 1 fully saturated rings. The van der Waals surface area contributed by atoms with Gasteiger partial charge in [0.15, 0.2) is 0 Å². The van der Waals surface area contributed by atoms with Crippen LogP contribution in [0.1, 0.15) is 16.9 Å². The Bertz CT molecular complexity index is 887. The Morgan fingerprint density at radius 3 is 3.08 bits per heavy atom. The topological polar surface area (TPSA) is 86.8 Å². The Morgan fingerprint density at radius 2 is 2.29 bits per heavy atom. The summed E-state index contributed by atoms with van der Waals surface area (Å²) in [5, 5.41) is 10.6. The molecule has 1 aliphatic heterocycles. The van der Waals surface area contributed by atoms with Crippen molar-refractivity contribution in [1.82, 2.24) is 20.2 Å². The van der Waals surface area contributed by atoms with Gasteiger partial charge in [-0.3, -0.25) is 9.89 Å². The van der Waals surface area contributed by atoms with Gasteiger partial charge < -0.3 is 10.2 Å². The molecule has 3 aromatic rings. The molecule has 8 heteroatoms. The smallest absolute Gasteiger partial charge is 0.229 e. The number of nitrogens with one attached hydrogen (secondary N) is 2. The Balaban J connectivity index is 1.56. The van der Waals surface area contributed by atoms with Gasteiger partial charge >= 0.3 is 0 Å². The Hall–Kier alpha value is -2.48. The van der Waals surface area contributed by atoms with E-state index in [0.29, 0.717) is 12.2 Å². The molecule has 0 aromatic carbocycles. The molecule has 7 nitrogen and oxygen atoms in total. The largest absolute Gasteiger partial charge is 0.355 e. The molecule has 2 N–H and O–H groups in total. The molecule has 0 radical (unpaired) electrons. The van der Waals surface area contributed by atoms with Crippen LogP contribution >= 0.6 is 11.3 Å². The molecule has 124 valence electrons. The van der Waals surface area contributed by atoms with E-state index in [4.69, 9.17) is 0 Å². The average molecular weight is 342 g/mol. The minimum Gasteiger partial charge on any atom is -0.355 e. The van der Waals surface area contributed by atoms with Crippen molar-refractivity contribution in [3.05, 3.63) is 29.2 Å². The van der Waals surface area contributed by atoms with Crippen LogP contribution in [0.15, 0.2) is 18.7 Å². The third-order valence-electron chi connectivity index (χ3n) is 4.57. The number of rotatable bonds is 3. The molecule has 1 atom stereocenters. The predicted octanol–water partition coefficient (Wildman–Crippen LogP) is 2.50. The van der Waals surface area contributed by atoms with Crippen LogP contribution in [-0.4, -0.2) is 39.2 Å². The molecular formula is C16H18N6OS. The number of anilines is 2. The minimum atomic E-state index is -0.0510. The zero-order valence-electron chi connectivity index (χ0n) is 13.5. The van der Waals surface area contributed by atoms with Crippen molar-refractivity contribution in [2.24, 2.45) is 5.92 Å². The minimum absolute atomic E-state index is 0.0300. The van der Waals surface area contributed by atoms with Crippen molar-refractivity contribution >= 4 is 39.0 Å². The normalized spacial score (nSPS) is 17.6. The molecule has 4 heterocycles. The van der Waals surface area contributed by atoms with Crippen LogP contribution < -0.4 is 10.2 Å². The van der Waals surface area contributed by atoms with Crippen LogP contribution in [-0.2, 0) is 4.79 Å². The fourth-order valence-corrected chi connectivity index (χ4v) is 4.13. The SMILES string of the molecule is Cc1sc2ncnc(N3CCC(C(=O)Nc4cn[nH]c4)C3)c2c1C. The lowest BCUT2D eigenvalue weighted by Crippen LogP contribution is -2.27. The fraction of sp³-hybridized carbons (Fsp3) is 0.375. The summed E-state index contributed by atoms with van der Waals surface area (Å²) in [7, 11) is 0. The quantitative estimate of drug-likeness (QED) is 0.764. The lowest BCUT2D eigenvalue weighted by molar-refractivity contribution is -0.119. The van der Waals surface area contributed by atoms with Gasteiger partial charge in [0, 0.05) is 24.2 Å². The first-order valence-corrected chi connectivity index (χ1v) is 8.70. The molecule has 1 amide bonds. The van der Waals surface area contributed by atoms with Crippen molar-refractivity contribution in [3.63, 3.8) is 0 Å². The van der Waals surface area contributed by atoms with E-state index in [0.717, 1.165) is 29.0 Å². The number of hydrogen-bond donors (Lipinski definition) is 2. The van der Waals surface area contributed by atoms with E-state index in [-0.39, 0.29) is 11.8 Å². The average Bonchev–Trinajstić information content (AvgIpc) is 3.29. The van der Waals surface area contributed by atoms with Crippen molar-refractivity contribution < 1.29 is 4.79 Å². The van der Waals surface area contributed by atoms with E-state index in [9.17, 15) is 4.79 Å². The number of thiophene rings is 1. The third-order valence-corrected chi connectivity index (χ3v) is 5.68. The Kier molecular flexibility index (Phi) is 3.68. The highest BCUT2D eigenvalue weighted by Gasteiger charge is 2.30. The Morgan fingerprint density at radius 1 is 1.42 bits per heavy atom. The van der Waals surface area contributed by atoms with E-state index >= 15 is 0 Å². The van der Waals surface area contributed by atoms with Gasteiger partial charge in [-0.1, -0.05) is 0 Å². The maximum absolute atomic E-state index is 12.4. The highest BCUT2D eigenvalue weighted by atomic mass is 32.1. The van der Waals surface area contributed by atoms with Gasteiger partial charge in [0.25, 0.3) is 0 Å². The third kappa shape index (κ3) is 2.52. The number of aromatic amines is 1. The fourth-order valence-electron chi connectivity index (χ4n) is 3.13. The number of fused-ring (bicyclic) bond motifs is 1. The first kappa shape index (κ1) is 15.1. The summed E-state index contributed by atoms with van der Waals surface area (Å²) in [6, 6.07) is 0. The number of nitrogens with zero attached hydrogens (tertiary/aromatic N) is 4. The van der Waals surface area contributed by atoms with Gasteiger partial charge in [0.1, 0.15) is 17.0 Å². The second kappa shape index (κ2) is 5.86. The summed E-state index contributed by atoms with van der Waals surface area (Å²) in [4.78, 5) is 25.8. The van der Waals surface area contributed by atoms with Gasteiger partial charge in [-0.05, 0) is 25.8 Å². The highest BCUT2D eigenvalue weighted by molar-refractivity contribution is 7.18. The van der Waals surface area contributed by atoms with Crippen LogP contribution in [0.2, 0.25) is 0 Å². The van der Waals surface area contributed by atoms with Crippen molar-refractivity contribution in [2.45, 2.75) is 20.3 Å². The van der Waals surface area contributed by atoms with Crippen molar-refractivity contribution in [3.8, 4) is 0 Å². The number of hydrogen-bond acceptors (Lipinski definition) is 6. The lowest BCUT2D eigenvalue weighted by Gasteiger charge is -2.18. The zero-order chi connectivity index (χ0) is 16.7. The van der Waals surface area contributed by atoms with Crippen LogP contribution in [0.5, 0.6) is 0 Å². The van der Waals surface area contributed by atoms with E-state index in [1.54, 1.807) is 30.1 Å². The summed E-state index contributed by atoms with van der Waals surface area (Å²) in [6.45, 7) is 5.71. The number of H-pyrrole nitrogens is 1. The molecule has 3 aromatic heterocycles. The van der Waals surface area contributed by atoms with E-state index in [1.807, 2.05) is 0 Å². The van der Waals surface area contributed by atoms with Gasteiger partial charge in [-0.15, -0.1) is 11.3 Å². The summed E-state index contributed by atoms with van der Waals surface area (Å²) in [5.74, 6) is 0.924. The second-order valence-electron chi connectivity index (χ2n) is 6.07. The molecule has 0 spiro atoms. The molecule has 0 aliphatic carbocycles. The van der Waals surface area contributed by atoms with Gasteiger partial charge in [0.2, 0.25) is 5.91 Å². The highest BCUT2D eigenvalue weighted by Crippen LogP contribution is 2.36. The first-order chi connectivity index (χ1) is 11.6. The molecule has 1 unspecified atom stereocenters. The standard InChI is InChI=1S/C16H18N6OS/c1-9-10(2)24-16-13(9)14(17-8-18-16)22-4-3-11(7-22)15(23)21-12-5-19-20-6-12/h5-6,8,11H,3-4,7H2,1-2H3,(H,19,20)(H,21,23). The summed E-state index contributed by atoms with van der Waals surface area (Å²) < 4.78 is 0. The number of amides is 1. The molecule has 4 rings (SSSR count). The van der Waals surface area contributed by atoms with E-state index in [2.05, 4.69) is 44.2 Å². The zero-order valence-corrected chi connectivity index (χ0v) is 14.4. The molecule has 1 saturated heterocycles. The molecule has 24 heavy (non-hydrogen) atoms. The van der Waals surface area contributed by atoms with E-state index in [1.165, 1.54) is 10.4 Å². The maximum Gasteiger partial charge on any atom is 0.229 e. The maximum atomic E-state index is 12.4. The summed E-state index contributed by atoms with van der Waals surface area (Å²) in [6.07, 6.45) is 5.72. The summed E-state index contributed by atoms with van der Waals surface area (Å²) in [5.41, 5.74) is 1.93. The molecule has 1 aliphatic rings. The lowest BCUT2D eigenvalue weighted by atomic mass is 10.1. The number of carbonyl (C=O) groups excluding carboxylic acids is 1. The number of aryl methyl sites for hydroxylation is 2. The predicted molar refractivity (Wildman–Crippen MR) is 94.4 cm³/mol. The first-order valence-electron chi connectivity index (χ1n) is 7.89. The van der Waals surface area contributed by atoms with Crippen molar-refractivity contribution in [2.75, 3.05) is 23.3 Å². The van der Waals surface area contributed by atoms with Gasteiger partial charge in [-0.2, -0.15) is 5.10 Å². The van der Waals surface area contributed by atoms with Gasteiger partial charge in [0.05, 0.1) is 23.2 Å². The van der Waals surface area contributed by atoms with Crippen LogP contribution in [0.25, 0.3) is 10.2 Å². The van der Waals surface area contributed by atoms with E-state index < -0.39 is 0 Å². The van der Waals surface area contributed by atoms with Crippen LogP contribution in [0, 0.1) is 19.8 Å². The molecule has 0 bridgehead atoms. The number of carbonyl (C=O) groups is 1. The molecular weight excluding hydrogens is 324 g/mol.